The van der Waals surface area contributed by atoms with E-state index in [-0.39, 0.29) is 11.3 Å². The van der Waals surface area contributed by atoms with Crippen LogP contribution < -0.4 is 5.73 Å². The zero-order valence-corrected chi connectivity index (χ0v) is 9.74. The Balaban J connectivity index is 2.11. The maximum Gasteiger partial charge on any atom is 0.337 e. The van der Waals surface area contributed by atoms with Gasteiger partial charge in [-0.2, -0.15) is 0 Å². The Labute approximate surface area is 102 Å². The summed E-state index contributed by atoms with van der Waals surface area (Å²) >= 11 is 1.51. The van der Waals surface area contributed by atoms with E-state index >= 15 is 0 Å². The van der Waals surface area contributed by atoms with E-state index in [1.54, 1.807) is 24.5 Å². The highest BCUT2D eigenvalue weighted by Gasteiger charge is 2.09. The summed E-state index contributed by atoms with van der Waals surface area (Å²) in [5.41, 5.74) is 5.98. The normalized spacial score (nSPS) is 10.4. The molecule has 0 aliphatic carbocycles. The van der Waals surface area contributed by atoms with Gasteiger partial charge in [0.05, 0.1) is 17.6 Å². The number of furan rings is 1. The molecule has 4 nitrogen and oxygen atoms in total. The van der Waals surface area contributed by atoms with Crippen LogP contribution in [-0.2, 0) is 5.75 Å². The first-order valence-corrected chi connectivity index (χ1v) is 5.93. The third kappa shape index (κ3) is 2.82. The number of thioether (sulfide) groups is 1. The van der Waals surface area contributed by atoms with Gasteiger partial charge in [0, 0.05) is 10.6 Å². The SMILES string of the molecule is Nc1ccc(SCc2ccco2)cc1C(=O)O. The lowest BCUT2D eigenvalue weighted by molar-refractivity contribution is 0.0698. The molecule has 0 fully saturated rings. The second-order valence-corrected chi connectivity index (χ2v) is 4.47. The monoisotopic (exact) mass is 249 g/mol. The maximum atomic E-state index is 10.9. The summed E-state index contributed by atoms with van der Waals surface area (Å²) in [6.45, 7) is 0. The highest BCUT2D eigenvalue weighted by atomic mass is 32.2. The topological polar surface area (TPSA) is 76.5 Å². The van der Waals surface area contributed by atoms with Gasteiger partial charge in [-0.1, -0.05) is 0 Å². The van der Waals surface area contributed by atoms with Crippen molar-refractivity contribution < 1.29 is 14.3 Å². The number of carboxylic acid groups (broad SMARTS) is 1. The molecule has 2 aromatic rings. The number of nitrogen functional groups attached to an aromatic ring is 1. The van der Waals surface area contributed by atoms with Crippen molar-refractivity contribution in [1.82, 2.24) is 0 Å². The summed E-state index contributed by atoms with van der Waals surface area (Å²) in [7, 11) is 0. The van der Waals surface area contributed by atoms with Crippen molar-refractivity contribution >= 4 is 23.4 Å². The van der Waals surface area contributed by atoms with E-state index in [1.165, 1.54) is 11.8 Å². The Kier molecular flexibility index (Phi) is 3.39. The second kappa shape index (κ2) is 4.97. The van der Waals surface area contributed by atoms with E-state index in [9.17, 15) is 4.79 Å². The molecule has 2 rings (SSSR count). The Morgan fingerprint density at radius 1 is 1.41 bits per heavy atom. The van der Waals surface area contributed by atoms with Crippen LogP contribution >= 0.6 is 11.8 Å². The van der Waals surface area contributed by atoms with Gasteiger partial charge in [0.1, 0.15) is 5.76 Å². The molecule has 0 unspecified atom stereocenters. The number of aromatic carboxylic acids is 1. The van der Waals surface area contributed by atoms with Crippen LogP contribution in [0.15, 0.2) is 45.9 Å². The van der Waals surface area contributed by atoms with Crippen LogP contribution in [0.1, 0.15) is 16.1 Å². The first-order chi connectivity index (χ1) is 8.16. The quantitative estimate of drug-likeness (QED) is 0.643. The van der Waals surface area contributed by atoms with Gasteiger partial charge in [0.25, 0.3) is 0 Å². The van der Waals surface area contributed by atoms with Gasteiger partial charge in [-0.15, -0.1) is 11.8 Å². The van der Waals surface area contributed by atoms with Gasteiger partial charge in [-0.05, 0) is 30.3 Å². The lowest BCUT2D eigenvalue weighted by atomic mass is 10.2. The van der Waals surface area contributed by atoms with Gasteiger partial charge >= 0.3 is 5.97 Å². The van der Waals surface area contributed by atoms with Crippen molar-refractivity contribution in [3.8, 4) is 0 Å². The van der Waals surface area contributed by atoms with Crippen molar-refractivity contribution in [2.75, 3.05) is 5.73 Å². The van der Waals surface area contributed by atoms with Crippen molar-refractivity contribution in [1.29, 1.82) is 0 Å². The highest BCUT2D eigenvalue weighted by Crippen LogP contribution is 2.26. The van der Waals surface area contributed by atoms with E-state index in [0.717, 1.165) is 10.7 Å². The molecule has 0 atom stereocenters. The predicted molar refractivity (Wildman–Crippen MR) is 66.1 cm³/mol. The minimum atomic E-state index is -1.01. The highest BCUT2D eigenvalue weighted by molar-refractivity contribution is 7.98. The predicted octanol–water partition coefficient (Wildman–Crippen LogP) is 2.85. The van der Waals surface area contributed by atoms with Gasteiger partial charge in [-0.3, -0.25) is 0 Å². The molecule has 0 saturated carbocycles. The summed E-state index contributed by atoms with van der Waals surface area (Å²) in [6.07, 6.45) is 1.61. The molecule has 17 heavy (non-hydrogen) atoms. The zero-order valence-electron chi connectivity index (χ0n) is 8.92. The smallest absolute Gasteiger partial charge is 0.337 e. The van der Waals surface area contributed by atoms with Crippen LogP contribution in [0.2, 0.25) is 0 Å². The average molecular weight is 249 g/mol. The molecule has 0 spiro atoms. The molecular formula is C12H11NO3S. The molecule has 0 bridgehead atoms. The fraction of sp³-hybridized carbons (Fsp3) is 0.0833. The van der Waals surface area contributed by atoms with Gasteiger partial charge in [0.15, 0.2) is 0 Å². The minimum Gasteiger partial charge on any atom is -0.478 e. The number of hydrogen-bond acceptors (Lipinski definition) is 4. The molecule has 1 aromatic heterocycles. The number of rotatable bonds is 4. The lowest BCUT2D eigenvalue weighted by Crippen LogP contribution is -2.02. The number of carboxylic acids is 1. The Bertz CT molecular complexity index is 523. The number of benzene rings is 1. The third-order valence-corrected chi connectivity index (χ3v) is 3.23. The molecule has 3 N–H and O–H groups in total. The average Bonchev–Trinajstić information content (AvgIpc) is 2.80. The van der Waals surface area contributed by atoms with Crippen LogP contribution in [0.3, 0.4) is 0 Å². The molecule has 0 saturated heterocycles. The van der Waals surface area contributed by atoms with Gasteiger partial charge < -0.3 is 15.3 Å². The molecular weight excluding hydrogens is 238 g/mol. The Hall–Kier alpha value is -1.88. The Morgan fingerprint density at radius 3 is 2.88 bits per heavy atom. The van der Waals surface area contributed by atoms with Crippen LogP contribution in [-0.4, -0.2) is 11.1 Å². The van der Waals surface area contributed by atoms with Crippen molar-refractivity contribution in [2.45, 2.75) is 10.6 Å². The lowest BCUT2D eigenvalue weighted by Gasteiger charge is -2.04. The van der Waals surface area contributed by atoms with Crippen molar-refractivity contribution in [3.63, 3.8) is 0 Å². The summed E-state index contributed by atoms with van der Waals surface area (Å²) in [5, 5.41) is 8.93. The molecule has 0 amide bonds. The summed E-state index contributed by atoms with van der Waals surface area (Å²) < 4.78 is 5.19. The maximum absolute atomic E-state index is 10.9. The van der Waals surface area contributed by atoms with E-state index < -0.39 is 5.97 Å². The summed E-state index contributed by atoms with van der Waals surface area (Å²) in [5.74, 6) is 0.502. The fourth-order valence-electron chi connectivity index (χ4n) is 1.36. The largest absolute Gasteiger partial charge is 0.478 e. The van der Waals surface area contributed by atoms with Crippen LogP contribution in [0.4, 0.5) is 5.69 Å². The molecule has 1 aromatic carbocycles. The molecule has 0 radical (unpaired) electrons. The van der Waals surface area contributed by atoms with Gasteiger partial charge in [-0.25, -0.2) is 4.79 Å². The first-order valence-electron chi connectivity index (χ1n) is 4.95. The number of anilines is 1. The van der Waals surface area contributed by atoms with E-state index in [2.05, 4.69) is 0 Å². The number of carbonyl (C=O) groups is 1. The molecule has 88 valence electrons. The van der Waals surface area contributed by atoms with Crippen molar-refractivity contribution in [3.05, 3.63) is 47.9 Å². The second-order valence-electron chi connectivity index (χ2n) is 3.42. The molecule has 5 heteroatoms. The van der Waals surface area contributed by atoms with Crippen LogP contribution in [0.5, 0.6) is 0 Å². The number of hydrogen-bond donors (Lipinski definition) is 2. The van der Waals surface area contributed by atoms with E-state index in [0.29, 0.717) is 5.75 Å². The first kappa shape index (κ1) is 11.6. The molecule has 1 heterocycles. The van der Waals surface area contributed by atoms with Crippen LogP contribution in [0.25, 0.3) is 0 Å². The van der Waals surface area contributed by atoms with E-state index in [1.807, 2.05) is 12.1 Å². The molecule has 0 aliphatic heterocycles. The third-order valence-electron chi connectivity index (χ3n) is 2.22. The van der Waals surface area contributed by atoms with Gasteiger partial charge in [0.2, 0.25) is 0 Å². The summed E-state index contributed by atoms with van der Waals surface area (Å²) in [4.78, 5) is 11.8. The van der Waals surface area contributed by atoms with E-state index in [4.69, 9.17) is 15.3 Å². The minimum absolute atomic E-state index is 0.134. The summed E-state index contributed by atoms with van der Waals surface area (Å²) in [6, 6.07) is 8.68. The zero-order chi connectivity index (χ0) is 12.3. The van der Waals surface area contributed by atoms with Crippen molar-refractivity contribution in [2.24, 2.45) is 0 Å². The standard InChI is InChI=1S/C12H11NO3S/c13-11-4-3-9(6-10(11)12(14)15)17-7-8-2-1-5-16-8/h1-6H,7,13H2,(H,14,15). The fourth-order valence-corrected chi connectivity index (χ4v) is 2.20. The molecule has 0 aliphatic rings. The Morgan fingerprint density at radius 2 is 2.24 bits per heavy atom. The van der Waals surface area contributed by atoms with Crippen LogP contribution in [0, 0.1) is 0 Å². The number of nitrogens with two attached hydrogens (primary N) is 1.